The Morgan fingerprint density at radius 2 is 2.15 bits per heavy atom. The van der Waals surface area contributed by atoms with Gasteiger partial charge in [-0.3, -0.25) is 14.3 Å². The Balaban J connectivity index is 1.97. The van der Waals surface area contributed by atoms with Crippen molar-refractivity contribution in [2.24, 2.45) is 5.73 Å². The van der Waals surface area contributed by atoms with E-state index in [-0.39, 0.29) is 9.73 Å². The van der Waals surface area contributed by atoms with E-state index in [2.05, 4.69) is 0 Å². The molecule has 0 spiro atoms. The summed E-state index contributed by atoms with van der Waals surface area (Å²) in [5, 5.41) is 0. The predicted octanol–water partition coefficient (Wildman–Crippen LogP) is 0.358. The third-order valence-corrected chi connectivity index (χ3v) is 6.34. The predicted molar refractivity (Wildman–Crippen MR) is 96.4 cm³/mol. The zero-order valence-electron chi connectivity index (χ0n) is 14.4. The van der Waals surface area contributed by atoms with Gasteiger partial charge in [0, 0.05) is 27.2 Å². The van der Waals surface area contributed by atoms with Crippen LogP contribution < -0.4 is 5.73 Å². The SMILES string of the molecule is CN(C)S(=O)(=O)c1ccc2oc(=S)n(CN3CCOC(C(N)=O)C3)c2c1. The number of hydrogen-bond acceptors (Lipinski definition) is 7. The van der Waals surface area contributed by atoms with Gasteiger partial charge in [0.05, 0.1) is 23.7 Å². The van der Waals surface area contributed by atoms with Crippen LogP contribution in [0, 0.1) is 4.84 Å². The third kappa shape index (κ3) is 3.53. The second-order valence-electron chi connectivity index (χ2n) is 6.19. The van der Waals surface area contributed by atoms with Gasteiger partial charge in [0.15, 0.2) is 5.58 Å². The molecule has 1 saturated heterocycles. The molecule has 2 aromatic rings. The summed E-state index contributed by atoms with van der Waals surface area (Å²) >= 11 is 5.28. The van der Waals surface area contributed by atoms with Crippen molar-refractivity contribution in [2.45, 2.75) is 17.7 Å². The monoisotopic (exact) mass is 400 g/mol. The summed E-state index contributed by atoms with van der Waals surface area (Å²) in [5.74, 6) is -0.519. The molecule has 1 aromatic carbocycles. The van der Waals surface area contributed by atoms with Gasteiger partial charge in [-0.25, -0.2) is 12.7 Å². The summed E-state index contributed by atoms with van der Waals surface area (Å²) in [7, 11) is -0.637. The lowest BCUT2D eigenvalue weighted by atomic mass is 10.2. The molecule has 1 atom stereocenters. The zero-order chi connectivity index (χ0) is 19.1. The summed E-state index contributed by atoms with van der Waals surface area (Å²) in [6.07, 6.45) is -0.680. The largest absolute Gasteiger partial charge is 0.429 e. The highest BCUT2D eigenvalue weighted by atomic mass is 32.2. The number of nitrogens with two attached hydrogens (primary N) is 1. The number of sulfonamides is 1. The Morgan fingerprint density at radius 3 is 2.81 bits per heavy atom. The summed E-state index contributed by atoms with van der Waals surface area (Å²) < 4.78 is 38.5. The molecule has 1 unspecified atom stereocenters. The maximum atomic E-state index is 12.4. The van der Waals surface area contributed by atoms with Crippen molar-refractivity contribution in [1.82, 2.24) is 13.8 Å². The van der Waals surface area contributed by atoms with E-state index in [1.165, 1.54) is 26.2 Å². The molecule has 1 aromatic heterocycles. The third-order valence-electron chi connectivity index (χ3n) is 4.23. The smallest absolute Gasteiger partial charge is 0.270 e. The van der Waals surface area contributed by atoms with Crippen molar-refractivity contribution in [2.75, 3.05) is 33.8 Å². The molecule has 1 amide bonds. The van der Waals surface area contributed by atoms with Crippen molar-refractivity contribution in [3.05, 3.63) is 23.0 Å². The zero-order valence-corrected chi connectivity index (χ0v) is 16.0. The van der Waals surface area contributed by atoms with Crippen LogP contribution in [0.2, 0.25) is 0 Å². The van der Waals surface area contributed by atoms with E-state index in [1.807, 2.05) is 4.90 Å². The van der Waals surface area contributed by atoms with E-state index < -0.39 is 22.0 Å². The molecular formula is C15H20N4O5S2. The van der Waals surface area contributed by atoms with Crippen LogP contribution in [0.4, 0.5) is 0 Å². The van der Waals surface area contributed by atoms with Crippen LogP contribution >= 0.6 is 12.2 Å². The maximum absolute atomic E-state index is 12.4. The molecule has 2 N–H and O–H groups in total. The van der Waals surface area contributed by atoms with E-state index in [4.69, 9.17) is 27.1 Å². The van der Waals surface area contributed by atoms with Crippen molar-refractivity contribution >= 4 is 39.2 Å². The molecular weight excluding hydrogens is 380 g/mol. The number of nitrogens with zero attached hydrogens (tertiary/aromatic N) is 3. The van der Waals surface area contributed by atoms with Crippen LogP contribution in [0.3, 0.4) is 0 Å². The Bertz CT molecular complexity index is 995. The van der Waals surface area contributed by atoms with Crippen molar-refractivity contribution < 1.29 is 22.4 Å². The van der Waals surface area contributed by atoms with Gasteiger partial charge in [0.25, 0.3) is 4.84 Å². The fourth-order valence-electron chi connectivity index (χ4n) is 2.75. The number of aromatic nitrogens is 1. The molecule has 1 fully saturated rings. The summed E-state index contributed by atoms with van der Waals surface area (Å²) in [4.78, 5) is 13.7. The van der Waals surface area contributed by atoms with E-state index in [9.17, 15) is 13.2 Å². The van der Waals surface area contributed by atoms with E-state index in [0.29, 0.717) is 37.5 Å². The number of hydrogen-bond donors (Lipinski definition) is 1. The second kappa shape index (κ2) is 7.08. The first-order valence-electron chi connectivity index (χ1n) is 7.89. The van der Waals surface area contributed by atoms with Crippen LogP contribution in [-0.4, -0.2) is 68.0 Å². The number of ether oxygens (including phenoxy) is 1. The molecule has 0 saturated carbocycles. The Morgan fingerprint density at radius 1 is 1.42 bits per heavy atom. The first-order chi connectivity index (χ1) is 12.2. The lowest BCUT2D eigenvalue weighted by Gasteiger charge is -2.31. The van der Waals surface area contributed by atoms with Gasteiger partial charge in [-0.05, 0) is 30.4 Å². The van der Waals surface area contributed by atoms with Gasteiger partial charge < -0.3 is 14.9 Å². The van der Waals surface area contributed by atoms with E-state index in [0.717, 1.165) is 4.31 Å². The minimum absolute atomic E-state index is 0.150. The topological polar surface area (TPSA) is 111 Å². The minimum Gasteiger partial charge on any atom is -0.429 e. The number of fused-ring (bicyclic) bond motifs is 1. The molecule has 26 heavy (non-hydrogen) atoms. The van der Waals surface area contributed by atoms with Crippen LogP contribution in [-0.2, 0) is 26.2 Å². The molecule has 0 radical (unpaired) electrons. The average molecular weight is 400 g/mol. The number of rotatable bonds is 5. The number of carbonyl (C=O) groups is 1. The normalized spacial score (nSPS) is 19.3. The lowest BCUT2D eigenvalue weighted by molar-refractivity contribution is -0.136. The molecule has 1 aliphatic rings. The van der Waals surface area contributed by atoms with E-state index >= 15 is 0 Å². The minimum atomic E-state index is -3.58. The van der Waals surface area contributed by atoms with Crippen LogP contribution in [0.5, 0.6) is 0 Å². The number of primary amides is 1. The molecule has 9 nitrogen and oxygen atoms in total. The molecule has 3 rings (SSSR count). The summed E-state index contributed by atoms with van der Waals surface area (Å²) in [6.45, 7) is 1.63. The fourth-order valence-corrected chi connectivity index (χ4v) is 3.92. The average Bonchev–Trinajstić information content (AvgIpc) is 2.90. The lowest BCUT2D eigenvalue weighted by Crippen LogP contribution is -2.48. The molecule has 2 heterocycles. The number of morpholine rings is 1. The molecule has 142 valence electrons. The highest BCUT2D eigenvalue weighted by Crippen LogP contribution is 2.24. The van der Waals surface area contributed by atoms with Crippen LogP contribution in [0.15, 0.2) is 27.5 Å². The van der Waals surface area contributed by atoms with Gasteiger partial charge in [-0.2, -0.15) is 0 Å². The molecule has 1 aliphatic heterocycles. The molecule has 0 aliphatic carbocycles. The van der Waals surface area contributed by atoms with Gasteiger partial charge in [-0.15, -0.1) is 0 Å². The first-order valence-corrected chi connectivity index (χ1v) is 9.74. The standard InChI is InChI=1S/C15H20N4O5S2/c1-17(2)26(21,22)10-3-4-12-11(7-10)19(15(25)24-12)9-18-5-6-23-13(8-18)14(16)20/h3-4,7,13H,5-6,8-9H2,1-2H3,(H2,16,20). The Hall–Kier alpha value is -1.79. The highest BCUT2D eigenvalue weighted by Gasteiger charge is 2.26. The van der Waals surface area contributed by atoms with Gasteiger partial charge in [-0.1, -0.05) is 0 Å². The second-order valence-corrected chi connectivity index (χ2v) is 8.69. The molecule has 0 bridgehead atoms. The first kappa shape index (κ1) is 19.0. The summed E-state index contributed by atoms with van der Waals surface area (Å²) in [5.41, 5.74) is 6.37. The molecule has 11 heteroatoms. The maximum Gasteiger partial charge on any atom is 0.270 e. The van der Waals surface area contributed by atoms with Gasteiger partial charge in [0.1, 0.15) is 6.10 Å². The number of oxazole rings is 1. The highest BCUT2D eigenvalue weighted by molar-refractivity contribution is 7.89. The van der Waals surface area contributed by atoms with Crippen LogP contribution in [0.1, 0.15) is 0 Å². The number of carbonyl (C=O) groups excluding carboxylic acids is 1. The van der Waals surface area contributed by atoms with E-state index in [1.54, 1.807) is 10.6 Å². The quantitative estimate of drug-likeness (QED) is 0.721. The van der Waals surface area contributed by atoms with Gasteiger partial charge in [0.2, 0.25) is 15.9 Å². The Labute approximate surface area is 156 Å². The fraction of sp³-hybridized carbons (Fsp3) is 0.467. The van der Waals surface area contributed by atoms with Crippen molar-refractivity contribution in [1.29, 1.82) is 0 Å². The van der Waals surface area contributed by atoms with Crippen molar-refractivity contribution in [3.63, 3.8) is 0 Å². The number of amides is 1. The Kier molecular flexibility index (Phi) is 5.17. The van der Waals surface area contributed by atoms with Crippen LogP contribution in [0.25, 0.3) is 11.1 Å². The van der Waals surface area contributed by atoms with Crippen molar-refractivity contribution in [3.8, 4) is 0 Å². The van der Waals surface area contributed by atoms with Gasteiger partial charge >= 0.3 is 0 Å². The number of benzene rings is 1. The summed E-state index contributed by atoms with van der Waals surface area (Å²) in [6, 6.07) is 4.61.